The average Bonchev–Trinajstić information content (AvgIpc) is 2.29. The Hall–Kier alpha value is -1.07. The number of hydrogen-bond donors (Lipinski definition) is 0. The van der Waals surface area contributed by atoms with Crippen molar-refractivity contribution in [3.63, 3.8) is 0 Å². The molecule has 0 saturated heterocycles. The average molecular weight is 252 g/mol. The van der Waals surface area contributed by atoms with Crippen LogP contribution in [0.2, 0.25) is 5.02 Å². The fraction of sp³-hybridized carbons (Fsp3) is 0.500. The summed E-state index contributed by atoms with van der Waals surface area (Å²) in [6, 6.07) is 5.02. The van der Waals surface area contributed by atoms with Crippen LogP contribution in [0.15, 0.2) is 12.1 Å². The van der Waals surface area contributed by atoms with E-state index in [-0.39, 0.29) is 10.6 Å². The highest BCUT2D eigenvalue weighted by Crippen LogP contribution is 2.37. The van der Waals surface area contributed by atoms with Gasteiger partial charge in [-0.1, -0.05) is 31.4 Å². The van der Waals surface area contributed by atoms with E-state index in [2.05, 4.69) is 6.92 Å². The molecule has 0 heterocycles. The molecular weight excluding hydrogens is 237 g/mol. The molecule has 2 rings (SSSR count). The molecule has 0 amide bonds. The minimum absolute atomic E-state index is 0.0420. The summed E-state index contributed by atoms with van der Waals surface area (Å²) in [6.45, 7) is 2.25. The van der Waals surface area contributed by atoms with Crippen LogP contribution in [0.5, 0.6) is 0 Å². The molecule has 0 spiro atoms. The number of nitriles is 1. The molecule has 0 N–H and O–H groups in total. The Balaban J connectivity index is 2.26. The first-order valence-electron chi connectivity index (χ1n) is 6.01. The van der Waals surface area contributed by atoms with E-state index in [1.54, 1.807) is 12.1 Å². The molecule has 0 bridgehead atoms. The van der Waals surface area contributed by atoms with Crippen molar-refractivity contribution in [3.8, 4) is 6.07 Å². The highest BCUT2D eigenvalue weighted by atomic mass is 35.5. The van der Waals surface area contributed by atoms with Gasteiger partial charge in [0.1, 0.15) is 17.4 Å². The molecule has 1 saturated carbocycles. The summed E-state index contributed by atoms with van der Waals surface area (Å²) < 4.78 is 13.6. The van der Waals surface area contributed by atoms with Gasteiger partial charge in [-0.25, -0.2) is 4.39 Å². The van der Waals surface area contributed by atoms with E-state index in [4.69, 9.17) is 16.9 Å². The number of halogens is 2. The topological polar surface area (TPSA) is 23.8 Å². The zero-order chi connectivity index (χ0) is 12.4. The number of nitrogens with zero attached hydrogens (tertiary/aromatic N) is 1. The van der Waals surface area contributed by atoms with E-state index < -0.39 is 5.82 Å². The van der Waals surface area contributed by atoms with Gasteiger partial charge >= 0.3 is 0 Å². The summed E-state index contributed by atoms with van der Waals surface area (Å²) in [7, 11) is 0. The van der Waals surface area contributed by atoms with Crippen molar-refractivity contribution in [2.24, 2.45) is 5.92 Å². The summed E-state index contributed by atoms with van der Waals surface area (Å²) in [5.74, 6) is 0.671. The largest absolute Gasteiger partial charge is 0.205 e. The Morgan fingerprint density at radius 1 is 1.29 bits per heavy atom. The second kappa shape index (κ2) is 5.06. The van der Waals surface area contributed by atoms with Crippen LogP contribution in [0.1, 0.15) is 49.7 Å². The first-order chi connectivity index (χ1) is 8.11. The highest BCUT2D eigenvalue weighted by Gasteiger charge is 2.21. The van der Waals surface area contributed by atoms with E-state index in [9.17, 15) is 4.39 Å². The highest BCUT2D eigenvalue weighted by molar-refractivity contribution is 6.31. The molecular formula is C14H15ClFN. The van der Waals surface area contributed by atoms with Gasteiger partial charge in [-0.3, -0.25) is 0 Å². The third-order valence-corrected chi connectivity index (χ3v) is 3.96. The van der Waals surface area contributed by atoms with Crippen molar-refractivity contribution >= 4 is 11.6 Å². The Bertz CT molecular complexity index is 433. The lowest BCUT2D eigenvalue weighted by atomic mass is 9.79. The van der Waals surface area contributed by atoms with E-state index in [0.717, 1.165) is 24.3 Å². The van der Waals surface area contributed by atoms with E-state index in [1.165, 1.54) is 18.9 Å². The Morgan fingerprint density at radius 2 is 1.94 bits per heavy atom. The molecule has 0 atom stereocenters. The molecule has 1 aliphatic rings. The van der Waals surface area contributed by atoms with E-state index >= 15 is 0 Å². The molecule has 0 radical (unpaired) electrons. The van der Waals surface area contributed by atoms with Gasteiger partial charge in [0.25, 0.3) is 0 Å². The summed E-state index contributed by atoms with van der Waals surface area (Å²) in [5, 5.41) is 9.00. The Labute approximate surface area is 106 Å². The van der Waals surface area contributed by atoms with Crippen LogP contribution >= 0.6 is 11.6 Å². The van der Waals surface area contributed by atoms with Crippen molar-refractivity contribution in [3.05, 3.63) is 34.1 Å². The molecule has 17 heavy (non-hydrogen) atoms. The third kappa shape index (κ3) is 2.61. The third-order valence-electron chi connectivity index (χ3n) is 3.66. The number of rotatable bonds is 1. The minimum atomic E-state index is -0.492. The second-order valence-corrected chi connectivity index (χ2v) is 5.34. The molecule has 0 aromatic heterocycles. The van der Waals surface area contributed by atoms with Crippen molar-refractivity contribution in [2.45, 2.75) is 38.5 Å². The van der Waals surface area contributed by atoms with Crippen molar-refractivity contribution in [2.75, 3.05) is 0 Å². The molecule has 0 unspecified atom stereocenters. The van der Waals surface area contributed by atoms with Crippen LogP contribution in [0.25, 0.3) is 0 Å². The second-order valence-electron chi connectivity index (χ2n) is 4.93. The summed E-state index contributed by atoms with van der Waals surface area (Å²) in [5.41, 5.74) is 0.901. The van der Waals surface area contributed by atoms with Gasteiger partial charge in [-0.05, 0) is 42.4 Å². The van der Waals surface area contributed by atoms with Crippen LogP contribution in [0, 0.1) is 23.1 Å². The van der Waals surface area contributed by atoms with Crippen molar-refractivity contribution in [1.82, 2.24) is 0 Å². The van der Waals surface area contributed by atoms with E-state index in [0.29, 0.717) is 5.92 Å². The van der Waals surface area contributed by atoms with Gasteiger partial charge in [0, 0.05) is 0 Å². The number of hydrogen-bond acceptors (Lipinski definition) is 1. The maximum atomic E-state index is 13.6. The van der Waals surface area contributed by atoms with Gasteiger partial charge in [-0.2, -0.15) is 5.26 Å². The zero-order valence-corrected chi connectivity index (χ0v) is 10.6. The number of benzene rings is 1. The lowest BCUT2D eigenvalue weighted by Crippen LogP contribution is -2.11. The van der Waals surface area contributed by atoms with Crippen molar-refractivity contribution < 1.29 is 4.39 Å². The standard InChI is InChI=1S/C14H15ClFN/c1-9-2-4-10(5-3-9)11-6-13(15)12(8-17)14(16)7-11/h6-7,9-10H,2-5H2,1H3. The van der Waals surface area contributed by atoms with Crippen LogP contribution in [-0.4, -0.2) is 0 Å². The molecule has 1 nitrogen and oxygen atoms in total. The Morgan fingerprint density at radius 3 is 2.47 bits per heavy atom. The molecule has 3 heteroatoms. The zero-order valence-electron chi connectivity index (χ0n) is 9.84. The first kappa shape index (κ1) is 12.4. The Kier molecular flexibility index (Phi) is 3.69. The minimum Gasteiger partial charge on any atom is -0.205 e. The van der Waals surface area contributed by atoms with Gasteiger partial charge in [-0.15, -0.1) is 0 Å². The predicted octanol–water partition coefficient (Wildman–Crippen LogP) is 4.64. The van der Waals surface area contributed by atoms with Crippen LogP contribution < -0.4 is 0 Å². The molecule has 0 aliphatic heterocycles. The molecule has 1 fully saturated rings. The van der Waals surface area contributed by atoms with Gasteiger partial charge in [0.15, 0.2) is 0 Å². The lowest BCUT2D eigenvalue weighted by Gasteiger charge is -2.26. The lowest BCUT2D eigenvalue weighted by molar-refractivity contribution is 0.347. The summed E-state index contributed by atoms with van der Waals surface area (Å²) in [6.07, 6.45) is 4.54. The van der Waals surface area contributed by atoms with Crippen LogP contribution in [0.4, 0.5) is 4.39 Å². The molecule has 1 aromatic rings. The first-order valence-corrected chi connectivity index (χ1v) is 6.38. The normalized spacial score (nSPS) is 24.4. The quantitative estimate of drug-likeness (QED) is 0.713. The maximum absolute atomic E-state index is 13.6. The van der Waals surface area contributed by atoms with Gasteiger partial charge in [0.2, 0.25) is 0 Å². The fourth-order valence-corrected chi connectivity index (χ4v) is 2.79. The molecule has 90 valence electrons. The maximum Gasteiger partial charge on any atom is 0.142 e. The molecule has 1 aromatic carbocycles. The predicted molar refractivity (Wildman–Crippen MR) is 66.5 cm³/mol. The summed E-state index contributed by atoms with van der Waals surface area (Å²) >= 11 is 5.92. The van der Waals surface area contributed by atoms with Gasteiger partial charge in [0.05, 0.1) is 5.02 Å². The van der Waals surface area contributed by atoms with Gasteiger partial charge < -0.3 is 0 Å². The summed E-state index contributed by atoms with van der Waals surface area (Å²) in [4.78, 5) is 0. The van der Waals surface area contributed by atoms with Crippen LogP contribution in [0.3, 0.4) is 0 Å². The monoisotopic (exact) mass is 251 g/mol. The molecule has 1 aliphatic carbocycles. The fourth-order valence-electron chi connectivity index (χ4n) is 2.53. The van der Waals surface area contributed by atoms with E-state index in [1.807, 2.05) is 0 Å². The smallest absolute Gasteiger partial charge is 0.142 e. The SMILES string of the molecule is CC1CCC(c2cc(F)c(C#N)c(Cl)c2)CC1. The van der Waals surface area contributed by atoms with Crippen LogP contribution in [-0.2, 0) is 0 Å². The van der Waals surface area contributed by atoms with Crippen molar-refractivity contribution in [1.29, 1.82) is 5.26 Å².